The maximum absolute atomic E-state index is 13.1. The summed E-state index contributed by atoms with van der Waals surface area (Å²) in [5, 5.41) is 3.17. The Bertz CT molecular complexity index is 527. The molecular weight excluding hydrogens is 299 g/mol. The number of aryl methyl sites for hydroxylation is 1. The molecule has 1 N–H and O–H groups in total. The van der Waals surface area contributed by atoms with Crippen molar-refractivity contribution >= 4 is 15.9 Å². The predicted octanol–water partition coefficient (Wildman–Crippen LogP) is 3.43. The van der Waals surface area contributed by atoms with Crippen LogP contribution in [0.15, 0.2) is 33.3 Å². The Kier molecular flexibility index (Phi) is 4.49. The van der Waals surface area contributed by atoms with Crippen molar-refractivity contribution < 1.29 is 8.81 Å². The van der Waals surface area contributed by atoms with Crippen LogP contribution in [-0.4, -0.2) is 4.98 Å². The van der Waals surface area contributed by atoms with Crippen molar-refractivity contribution in [2.45, 2.75) is 26.4 Å². The largest absolute Gasteiger partial charge is 0.444 e. The zero-order valence-electron chi connectivity index (χ0n) is 10.0. The van der Waals surface area contributed by atoms with Crippen molar-refractivity contribution in [3.05, 3.63) is 51.9 Å². The lowest BCUT2D eigenvalue weighted by molar-refractivity contribution is 0.438. The second-order valence-corrected chi connectivity index (χ2v) is 4.77. The molecule has 1 aromatic carbocycles. The van der Waals surface area contributed by atoms with Gasteiger partial charge in [0.25, 0.3) is 0 Å². The Labute approximate surface area is 114 Å². The van der Waals surface area contributed by atoms with Crippen molar-refractivity contribution in [2.75, 3.05) is 0 Å². The van der Waals surface area contributed by atoms with E-state index in [2.05, 4.69) is 26.2 Å². The van der Waals surface area contributed by atoms with Crippen LogP contribution in [0.1, 0.15) is 24.1 Å². The fourth-order valence-corrected chi connectivity index (χ4v) is 1.96. The SMILES string of the molecule is CCc1cnc(CNCc2cc(F)ccc2Br)o1. The fraction of sp³-hybridized carbons (Fsp3) is 0.308. The molecule has 1 aromatic heterocycles. The Morgan fingerprint density at radius 1 is 1.39 bits per heavy atom. The highest BCUT2D eigenvalue weighted by Crippen LogP contribution is 2.17. The number of benzene rings is 1. The summed E-state index contributed by atoms with van der Waals surface area (Å²) < 4.78 is 19.4. The quantitative estimate of drug-likeness (QED) is 0.919. The van der Waals surface area contributed by atoms with E-state index in [1.165, 1.54) is 12.1 Å². The molecule has 2 aromatic rings. The standard InChI is InChI=1S/C13H14BrFN2O/c1-2-11-7-17-13(18-11)8-16-6-9-5-10(15)3-4-12(9)14/h3-5,7,16H,2,6,8H2,1H3. The van der Waals surface area contributed by atoms with Crippen molar-refractivity contribution in [3.8, 4) is 0 Å². The first-order valence-corrected chi connectivity index (χ1v) is 6.56. The van der Waals surface area contributed by atoms with E-state index in [0.717, 1.165) is 22.2 Å². The van der Waals surface area contributed by atoms with Gasteiger partial charge in [-0.1, -0.05) is 22.9 Å². The van der Waals surface area contributed by atoms with Crippen molar-refractivity contribution in [2.24, 2.45) is 0 Å². The van der Waals surface area contributed by atoms with Crippen LogP contribution in [0.2, 0.25) is 0 Å². The molecule has 0 aliphatic rings. The maximum atomic E-state index is 13.1. The second-order valence-electron chi connectivity index (χ2n) is 3.91. The Morgan fingerprint density at radius 3 is 2.94 bits per heavy atom. The van der Waals surface area contributed by atoms with Gasteiger partial charge in [-0.25, -0.2) is 9.37 Å². The highest BCUT2D eigenvalue weighted by Gasteiger charge is 2.04. The van der Waals surface area contributed by atoms with Gasteiger partial charge in [-0.2, -0.15) is 0 Å². The van der Waals surface area contributed by atoms with Gasteiger partial charge in [-0.05, 0) is 23.8 Å². The molecule has 0 unspecified atom stereocenters. The van der Waals surface area contributed by atoms with Crippen LogP contribution in [0.3, 0.4) is 0 Å². The van der Waals surface area contributed by atoms with Gasteiger partial charge in [0, 0.05) is 17.4 Å². The molecule has 0 saturated heterocycles. The van der Waals surface area contributed by atoms with E-state index in [-0.39, 0.29) is 5.82 Å². The molecule has 18 heavy (non-hydrogen) atoms. The van der Waals surface area contributed by atoms with Crippen LogP contribution in [0.4, 0.5) is 4.39 Å². The number of halogens is 2. The molecule has 0 radical (unpaired) electrons. The van der Waals surface area contributed by atoms with E-state index in [0.29, 0.717) is 19.0 Å². The molecule has 0 aliphatic heterocycles. The van der Waals surface area contributed by atoms with E-state index in [1.54, 1.807) is 12.3 Å². The van der Waals surface area contributed by atoms with Gasteiger partial charge in [-0.15, -0.1) is 0 Å². The Morgan fingerprint density at radius 2 is 2.22 bits per heavy atom. The summed E-state index contributed by atoms with van der Waals surface area (Å²) in [5.74, 6) is 1.29. The third-order valence-corrected chi connectivity index (χ3v) is 3.32. The number of hydrogen-bond donors (Lipinski definition) is 1. The number of aromatic nitrogens is 1. The number of rotatable bonds is 5. The molecule has 5 heteroatoms. The topological polar surface area (TPSA) is 38.1 Å². The van der Waals surface area contributed by atoms with Crippen LogP contribution in [0, 0.1) is 5.82 Å². The van der Waals surface area contributed by atoms with Crippen LogP contribution in [-0.2, 0) is 19.5 Å². The van der Waals surface area contributed by atoms with Gasteiger partial charge in [-0.3, -0.25) is 0 Å². The lowest BCUT2D eigenvalue weighted by Crippen LogP contribution is -2.13. The Balaban J connectivity index is 1.90. The molecule has 0 fully saturated rings. The molecule has 0 atom stereocenters. The Hall–Kier alpha value is -1.20. The fourth-order valence-electron chi connectivity index (χ4n) is 1.58. The molecular formula is C13H14BrFN2O. The summed E-state index contributed by atoms with van der Waals surface area (Å²) in [4.78, 5) is 4.14. The van der Waals surface area contributed by atoms with Crippen molar-refractivity contribution in [3.63, 3.8) is 0 Å². The third-order valence-electron chi connectivity index (χ3n) is 2.55. The summed E-state index contributed by atoms with van der Waals surface area (Å²) in [6, 6.07) is 4.63. The van der Waals surface area contributed by atoms with Crippen LogP contribution >= 0.6 is 15.9 Å². The van der Waals surface area contributed by atoms with E-state index in [1.807, 2.05) is 6.92 Å². The van der Waals surface area contributed by atoms with Gasteiger partial charge in [0.05, 0.1) is 12.7 Å². The van der Waals surface area contributed by atoms with E-state index in [9.17, 15) is 4.39 Å². The zero-order valence-corrected chi connectivity index (χ0v) is 11.6. The molecule has 0 amide bonds. The minimum atomic E-state index is -0.237. The molecule has 0 spiro atoms. The first-order chi connectivity index (χ1) is 8.69. The molecule has 1 heterocycles. The van der Waals surface area contributed by atoms with Gasteiger partial charge < -0.3 is 9.73 Å². The average molecular weight is 313 g/mol. The smallest absolute Gasteiger partial charge is 0.208 e. The summed E-state index contributed by atoms with van der Waals surface area (Å²) in [6.45, 7) is 3.10. The predicted molar refractivity (Wildman–Crippen MR) is 70.5 cm³/mol. The summed E-state index contributed by atoms with van der Waals surface area (Å²) >= 11 is 3.39. The highest BCUT2D eigenvalue weighted by atomic mass is 79.9. The zero-order chi connectivity index (χ0) is 13.0. The second kappa shape index (κ2) is 6.11. The van der Waals surface area contributed by atoms with Gasteiger partial charge in [0.2, 0.25) is 5.89 Å². The first kappa shape index (κ1) is 13.2. The molecule has 3 nitrogen and oxygen atoms in total. The monoisotopic (exact) mass is 312 g/mol. The van der Waals surface area contributed by atoms with Crippen molar-refractivity contribution in [1.82, 2.24) is 10.3 Å². The summed E-state index contributed by atoms with van der Waals surface area (Å²) in [6.07, 6.45) is 2.57. The first-order valence-electron chi connectivity index (χ1n) is 5.77. The summed E-state index contributed by atoms with van der Waals surface area (Å²) in [5.41, 5.74) is 0.872. The van der Waals surface area contributed by atoms with Crippen LogP contribution in [0.5, 0.6) is 0 Å². The number of hydrogen-bond acceptors (Lipinski definition) is 3. The average Bonchev–Trinajstić information content (AvgIpc) is 2.81. The maximum Gasteiger partial charge on any atom is 0.208 e. The lowest BCUT2D eigenvalue weighted by Gasteiger charge is -2.05. The molecule has 0 saturated carbocycles. The van der Waals surface area contributed by atoms with E-state index >= 15 is 0 Å². The molecule has 0 aliphatic carbocycles. The molecule has 96 valence electrons. The van der Waals surface area contributed by atoms with Gasteiger partial charge in [0.1, 0.15) is 11.6 Å². The van der Waals surface area contributed by atoms with E-state index in [4.69, 9.17) is 4.42 Å². The normalized spacial score (nSPS) is 10.8. The van der Waals surface area contributed by atoms with Crippen LogP contribution < -0.4 is 5.32 Å². The van der Waals surface area contributed by atoms with Crippen molar-refractivity contribution in [1.29, 1.82) is 0 Å². The van der Waals surface area contributed by atoms with Gasteiger partial charge >= 0.3 is 0 Å². The number of nitrogens with zero attached hydrogens (tertiary/aromatic N) is 1. The lowest BCUT2D eigenvalue weighted by atomic mass is 10.2. The number of oxazole rings is 1. The van der Waals surface area contributed by atoms with Crippen LogP contribution in [0.25, 0.3) is 0 Å². The van der Waals surface area contributed by atoms with Gasteiger partial charge in [0.15, 0.2) is 0 Å². The number of nitrogens with one attached hydrogen (secondary N) is 1. The molecule has 0 bridgehead atoms. The third kappa shape index (κ3) is 3.40. The van der Waals surface area contributed by atoms with E-state index < -0.39 is 0 Å². The highest BCUT2D eigenvalue weighted by molar-refractivity contribution is 9.10. The summed E-state index contributed by atoms with van der Waals surface area (Å²) in [7, 11) is 0. The minimum Gasteiger partial charge on any atom is -0.444 e. The molecule has 2 rings (SSSR count). The minimum absolute atomic E-state index is 0.237.